The summed E-state index contributed by atoms with van der Waals surface area (Å²) in [5, 5.41) is 10.7. The van der Waals surface area contributed by atoms with E-state index in [0.717, 1.165) is 37.8 Å². The second-order valence-electron chi connectivity index (χ2n) is 5.01. The molecular weight excluding hydrogens is 258 g/mol. The average molecular weight is 279 g/mol. The Morgan fingerprint density at radius 2 is 2.26 bits per heavy atom. The topological polar surface area (TPSA) is 32.7 Å². The van der Waals surface area contributed by atoms with E-state index in [1.165, 1.54) is 17.7 Å². The molecule has 19 heavy (non-hydrogen) atoms. The van der Waals surface area contributed by atoms with E-state index < -0.39 is 0 Å². The molecule has 0 atom stereocenters. The van der Waals surface area contributed by atoms with Gasteiger partial charge in [-0.05, 0) is 31.9 Å². The molecule has 0 radical (unpaired) electrons. The quantitative estimate of drug-likeness (QED) is 0.855. The maximum absolute atomic E-state index is 8.67. The third kappa shape index (κ3) is 4.96. The summed E-state index contributed by atoms with van der Waals surface area (Å²) in [6, 6.07) is 2.12. The van der Waals surface area contributed by atoms with Crippen LogP contribution in [0, 0.1) is 17.8 Å². The van der Waals surface area contributed by atoms with E-state index in [0.29, 0.717) is 0 Å². The van der Waals surface area contributed by atoms with Crippen LogP contribution in [-0.2, 0) is 11.3 Å². The van der Waals surface area contributed by atoms with Crippen molar-refractivity contribution in [2.24, 2.45) is 5.92 Å². The van der Waals surface area contributed by atoms with Crippen LogP contribution in [0.5, 0.6) is 0 Å². The van der Waals surface area contributed by atoms with Gasteiger partial charge >= 0.3 is 0 Å². The summed E-state index contributed by atoms with van der Waals surface area (Å²) < 4.78 is 5.39. The molecule has 4 heteroatoms. The minimum Gasteiger partial charge on any atom is -0.384 e. The standard InChI is InChI=1S/C15H21NO2S/c1-16(10-13-4-7-18-8-5-13)11-15-9-14(12-19-15)3-2-6-17/h9,12-13,17H,4-8,10-11H2,1H3. The molecule has 1 saturated heterocycles. The van der Waals surface area contributed by atoms with Crippen LogP contribution >= 0.6 is 11.3 Å². The third-order valence-corrected chi connectivity index (χ3v) is 4.22. The van der Waals surface area contributed by atoms with Crippen molar-refractivity contribution in [2.45, 2.75) is 19.4 Å². The predicted octanol–water partition coefficient (Wildman–Crippen LogP) is 1.95. The normalized spacial score (nSPS) is 16.4. The molecule has 1 aromatic rings. The second-order valence-corrected chi connectivity index (χ2v) is 6.01. The van der Waals surface area contributed by atoms with Gasteiger partial charge in [-0.25, -0.2) is 0 Å². The molecule has 2 heterocycles. The Hall–Kier alpha value is -0.860. The molecule has 1 aromatic heterocycles. The zero-order valence-corrected chi connectivity index (χ0v) is 12.2. The van der Waals surface area contributed by atoms with Crippen LogP contribution in [0.3, 0.4) is 0 Å². The van der Waals surface area contributed by atoms with Gasteiger partial charge in [0.05, 0.1) is 0 Å². The Bertz CT molecular complexity index is 440. The number of aliphatic hydroxyl groups excluding tert-OH is 1. The summed E-state index contributed by atoms with van der Waals surface area (Å²) in [5.74, 6) is 6.40. The van der Waals surface area contributed by atoms with E-state index in [1.54, 1.807) is 11.3 Å². The predicted molar refractivity (Wildman–Crippen MR) is 78.2 cm³/mol. The van der Waals surface area contributed by atoms with Crippen LogP contribution in [0.15, 0.2) is 11.4 Å². The van der Waals surface area contributed by atoms with Gasteiger partial charge in [-0.3, -0.25) is 0 Å². The van der Waals surface area contributed by atoms with Crippen LogP contribution < -0.4 is 0 Å². The van der Waals surface area contributed by atoms with Crippen LogP contribution in [0.25, 0.3) is 0 Å². The number of ether oxygens (including phenoxy) is 1. The van der Waals surface area contributed by atoms with E-state index in [2.05, 4.69) is 35.2 Å². The lowest BCUT2D eigenvalue weighted by Gasteiger charge is -2.26. The van der Waals surface area contributed by atoms with Gasteiger partial charge in [0.1, 0.15) is 6.61 Å². The number of hydrogen-bond donors (Lipinski definition) is 1. The van der Waals surface area contributed by atoms with Gasteiger partial charge in [0.25, 0.3) is 0 Å². The van der Waals surface area contributed by atoms with Crippen LogP contribution in [0.1, 0.15) is 23.3 Å². The molecule has 0 unspecified atom stereocenters. The minimum absolute atomic E-state index is 0.0746. The Kier molecular flexibility index (Phi) is 5.87. The van der Waals surface area contributed by atoms with Gasteiger partial charge in [-0.2, -0.15) is 0 Å². The van der Waals surface area contributed by atoms with Crippen molar-refractivity contribution in [2.75, 3.05) is 33.4 Å². The monoisotopic (exact) mass is 279 g/mol. The second kappa shape index (κ2) is 7.66. The molecule has 0 saturated carbocycles. The number of nitrogens with zero attached hydrogens (tertiary/aromatic N) is 1. The highest BCUT2D eigenvalue weighted by Crippen LogP contribution is 2.19. The highest BCUT2D eigenvalue weighted by molar-refractivity contribution is 7.10. The molecule has 0 bridgehead atoms. The number of hydrogen-bond acceptors (Lipinski definition) is 4. The van der Waals surface area contributed by atoms with Gasteiger partial charge in [0, 0.05) is 42.1 Å². The Morgan fingerprint density at radius 1 is 1.47 bits per heavy atom. The molecule has 1 aliphatic heterocycles. The summed E-state index contributed by atoms with van der Waals surface area (Å²) in [5.41, 5.74) is 1.01. The van der Waals surface area contributed by atoms with E-state index >= 15 is 0 Å². The van der Waals surface area contributed by atoms with Gasteiger partial charge in [0.15, 0.2) is 0 Å². The lowest BCUT2D eigenvalue weighted by molar-refractivity contribution is 0.0550. The molecule has 0 aromatic carbocycles. The first-order valence-corrected chi connectivity index (χ1v) is 7.59. The average Bonchev–Trinajstić information content (AvgIpc) is 2.85. The molecule has 0 spiro atoms. The fourth-order valence-electron chi connectivity index (χ4n) is 2.37. The van der Waals surface area contributed by atoms with Crippen LogP contribution in [0.4, 0.5) is 0 Å². The number of aliphatic hydroxyl groups is 1. The van der Waals surface area contributed by atoms with Crippen LogP contribution in [0.2, 0.25) is 0 Å². The summed E-state index contributed by atoms with van der Waals surface area (Å²) in [6.45, 7) is 3.87. The van der Waals surface area contributed by atoms with Crippen molar-refractivity contribution in [1.82, 2.24) is 4.90 Å². The van der Waals surface area contributed by atoms with E-state index in [9.17, 15) is 0 Å². The molecule has 0 aliphatic carbocycles. The van der Waals surface area contributed by atoms with Crippen molar-refractivity contribution in [1.29, 1.82) is 0 Å². The Morgan fingerprint density at radius 3 is 3.00 bits per heavy atom. The van der Waals surface area contributed by atoms with Gasteiger partial charge in [-0.1, -0.05) is 11.8 Å². The third-order valence-electron chi connectivity index (χ3n) is 3.30. The molecular formula is C15H21NO2S. The largest absolute Gasteiger partial charge is 0.384 e. The van der Waals surface area contributed by atoms with Gasteiger partial charge in [-0.15, -0.1) is 11.3 Å². The summed E-state index contributed by atoms with van der Waals surface area (Å²) in [4.78, 5) is 3.71. The fraction of sp³-hybridized carbons (Fsp3) is 0.600. The summed E-state index contributed by atoms with van der Waals surface area (Å²) in [6.07, 6.45) is 2.37. The van der Waals surface area contributed by atoms with Crippen molar-refractivity contribution >= 4 is 11.3 Å². The SMILES string of the molecule is CN(Cc1cc(C#CCO)cs1)CC1CCOCC1. The molecule has 1 aliphatic rings. The Labute approximate surface area is 119 Å². The zero-order valence-electron chi connectivity index (χ0n) is 11.4. The first-order chi connectivity index (χ1) is 9.28. The maximum Gasteiger partial charge on any atom is 0.104 e. The number of thiophene rings is 1. The molecule has 3 nitrogen and oxygen atoms in total. The van der Waals surface area contributed by atoms with Crippen molar-refractivity contribution in [3.63, 3.8) is 0 Å². The first kappa shape index (κ1) is 14.5. The molecule has 1 fully saturated rings. The van der Waals surface area contributed by atoms with E-state index in [1.807, 2.05) is 0 Å². The summed E-state index contributed by atoms with van der Waals surface area (Å²) >= 11 is 1.74. The fourth-order valence-corrected chi connectivity index (χ4v) is 3.27. The smallest absolute Gasteiger partial charge is 0.104 e. The minimum atomic E-state index is -0.0746. The molecule has 1 N–H and O–H groups in total. The van der Waals surface area contributed by atoms with Crippen molar-refractivity contribution in [3.05, 3.63) is 21.9 Å². The molecule has 2 rings (SSSR count). The zero-order chi connectivity index (χ0) is 13.5. The van der Waals surface area contributed by atoms with E-state index in [4.69, 9.17) is 9.84 Å². The first-order valence-electron chi connectivity index (χ1n) is 6.71. The lowest BCUT2D eigenvalue weighted by Crippen LogP contribution is -2.29. The summed E-state index contributed by atoms with van der Waals surface area (Å²) in [7, 11) is 2.17. The maximum atomic E-state index is 8.67. The molecule has 104 valence electrons. The highest BCUT2D eigenvalue weighted by Gasteiger charge is 2.16. The van der Waals surface area contributed by atoms with Crippen LogP contribution in [-0.4, -0.2) is 43.4 Å². The molecule has 0 amide bonds. The highest BCUT2D eigenvalue weighted by atomic mass is 32.1. The number of rotatable bonds is 4. The van der Waals surface area contributed by atoms with Crippen molar-refractivity contribution < 1.29 is 9.84 Å². The van der Waals surface area contributed by atoms with Gasteiger partial charge in [0.2, 0.25) is 0 Å². The van der Waals surface area contributed by atoms with Gasteiger partial charge < -0.3 is 14.7 Å². The van der Waals surface area contributed by atoms with E-state index in [-0.39, 0.29) is 6.61 Å². The van der Waals surface area contributed by atoms with Crippen molar-refractivity contribution in [3.8, 4) is 11.8 Å². The Balaban J connectivity index is 1.80. The lowest BCUT2D eigenvalue weighted by atomic mass is 10.00.